The standard InChI is InChI=1S/C30H38O2/c1-21(2)31-27-17-13-25(14-18-27)29(5,6)23-9-11-24(12-10-23)30(7,8)26-15-19-28(20-16-26)32-22(3)4/h9-22H,1-8H3. The molecule has 3 aromatic rings. The molecular formula is C30H38O2. The molecule has 0 aliphatic heterocycles. The van der Waals surface area contributed by atoms with Gasteiger partial charge in [0.25, 0.3) is 0 Å². The molecular weight excluding hydrogens is 392 g/mol. The van der Waals surface area contributed by atoms with Gasteiger partial charge in [-0.25, -0.2) is 0 Å². The summed E-state index contributed by atoms with van der Waals surface area (Å²) in [6.07, 6.45) is 0.368. The highest BCUT2D eigenvalue weighted by molar-refractivity contribution is 5.45. The fourth-order valence-electron chi connectivity index (χ4n) is 4.08. The molecule has 32 heavy (non-hydrogen) atoms. The lowest BCUT2D eigenvalue weighted by Gasteiger charge is -2.30. The fourth-order valence-corrected chi connectivity index (χ4v) is 4.08. The monoisotopic (exact) mass is 430 g/mol. The van der Waals surface area contributed by atoms with Gasteiger partial charge in [-0.05, 0) is 74.2 Å². The smallest absolute Gasteiger partial charge is 0.119 e. The highest BCUT2D eigenvalue weighted by Gasteiger charge is 2.26. The van der Waals surface area contributed by atoms with Crippen LogP contribution in [0.15, 0.2) is 72.8 Å². The zero-order valence-electron chi connectivity index (χ0n) is 20.9. The molecule has 0 fully saturated rings. The third kappa shape index (κ3) is 5.35. The van der Waals surface area contributed by atoms with Gasteiger partial charge in [-0.3, -0.25) is 0 Å². The average molecular weight is 431 g/mol. The molecule has 3 rings (SSSR count). The first-order valence-electron chi connectivity index (χ1n) is 11.7. The zero-order chi connectivity index (χ0) is 23.5. The van der Waals surface area contributed by atoms with Crippen molar-refractivity contribution >= 4 is 0 Å². The average Bonchev–Trinajstić information content (AvgIpc) is 2.74. The Kier molecular flexibility index (Phi) is 7.03. The molecule has 2 nitrogen and oxygen atoms in total. The summed E-state index contributed by atoms with van der Waals surface area (Å²) in [7, 11) is 0. The molecule has 3 aromatic carbocycles. The fraction of sp³-hybridized carbons (Fsp3) is 0.400. The lowest BCUT2D eigenvalue weighted by atomic mass is 9.74. The van der Waals surface area contributed by atoms with Crippen LogP contribution in [0, 0.1) is 0 Å². The van der Waals surface area contributed by atoms with Crippen molar-refractivity contribution in [3.63, 3.8) is 0 Å². The molecule has 0 saturated carbocycles. The number of hydrogen-bond acceptors (Lipinski definition) is 2. The first-order chi connectivity index (χ1) is 15.0. The summed E-state index contributed by atoms with van der Waals surface area (Å²) in [6.45, 7) is 17.3. The lowest BCUT2D eigenvalue weighted by molar-refractivity contribution is 0.242. The van der Waals surface area contributed by atoms with Gasteiger partial charge in [0, 0.05) is 10.8 Å². The summed E-state index contributed by atoms with van der Waals surface area (Å²) in [4.78, 5) is 0. The molecule has 0 heterocycles. The van der Waals surface area contributed by atoms with Crippen LogP contribution in [0.2, 0.25) is 0 Å². The maximum Gasteiger partial charge on any atom is 0.119 e. The maximum atomic E-state index is 5.80. The normalized spacial score (nSPS) is 12.3. The molecule has 170 valence electrons. The largest absolute Gasteiger partial charge is 0.491 e. The predicted molar refractivity (Wildman–Crippen MR) is 135 cm³/mol. The molecule has 2 heteroatoms. The Morgan fingerprint density at radius 3 is 0.875 bits per heavy atom. The van der Waals surface area contributed by atoms with Crippen LogP contribution in [0.1, 0.15) is 77.6 Å². The summed E-state index contributed by atoms with van der Waals surface area (Å²) >= 11 is 0. The third-order valence-corrected chi connectivity index (χ3v) is 6.22. The third-order valence-electron chi connectivity index (χ3n) is 6.22. The second-order valence-electron chi connectivity index (χ2n) is 10.2. The zero-order valence-corrected chi connectivity index (χ0v) is 20.9. The molecule has 0 aliphatic rings. The van der Waals surface area contributed by atoms with Gasteiger partial charge in [-0.2, -0.15) is 0 Å². The minimum Gasteiger partial charge on any atom is -0.491 e. The number of benzene rings is 3. The van der Waals surface area contributed by atoms with Crippen LogP contribution < -0.4 is 9.47 Å². The molecule has 0 saturated heterocycles. The highest BCUT2D eigenvalue weighted by atomic mass is 16.5. The molecule has 0 unspecified atom stereocenters. The molecule has 0 spiro atoms. The molecule has 0 aliphatic carbocycles. The van der Waals surface area contributed by atoms with E-state index < -0.39 is 0 Å². The van der Waals surface area contributed by atoms with Crippen LogP contribution in [-0.2, 0) is 10.8 Å². The van der Waals surface area contributed by atoms with E-state index in [-0.39, 0.29) is 23.0 Å². The number of rotatable bonds is 8. The minimum atomic E-state index is -0.0884. The Balaban J connectivity index is 1.81. The summed E-state index contributed by atoms with van der Waals surface area (Å²) in [5.74, 6) is 1.84. The van der Waals surface area contributed by atoms with E-state index in [1.165, 1.54) is 22.3 Å². The van der Waals surface area contributed by atoms with Gasteiger partial charge < -0.3 is 9.47 Å². The topological polar surface area (TPSA) is 18.5 Å². The van der Waals surface area contributed by atoms with E-state index >= 15 is 0 Å². The summed E-state index contributed by atoms with van der Waals surface area (Å²) in [5.41, 5.74) is 4.98. The van der Waals surface area contributed by atoms with Crippen molar-refractivity contribution < 1.29 is 9.47 Å². The van der Waals surface area contributed by atoms with Crippen molar-refractivity contribution in [2.24, 2.45) is 0 Å². The van der Waals surface area contributed by atoms with Crippen molar-refractivity contribution in [3.8, 4) is 11.5 Å². The second kappa shape index (κ2) is 9.40. The maximum absolute atomic E-state index is 5.80. The van der Waals surface area contributed by atoms with Crippen LogP contribution in [0.5, 0.6) is 11.5 Å². The van der Waals surface area contributed by atoms with Crippen LogP contribution in [0.4, 0.5) is 0 Å². The summed E-state index contributed by atoms with van der Waals surface area (Å²) in [5, 5.41) is 0. The quantitative estimate of drug-likeness (QED) is 0.361. The van der Waals surface area contributed by atoms with E-state index in [4.69, 9.17) is 9.47 Å². The Morgan fingerprint density at radius 2 is 0.656 bits per heavy atom. The van der Waals surface area contributed by atoms with E-state index in [9.17, 15) is 0 Å². The van der Waals surface area contributed by atoms with Crippen molar-refractivity contribution in [1.29, 1.82) is 0 Å². The second-order valence-corrected chi connectivity index (χ2v) is 10.2. The van der Waals surface area contributed by atoms with Gasteiger partial charge >= 0.3 is 0 Å². The van der Waals surface area contributed by atoms with Gasteiger partial charge in [0.05, 0.1) is 12.2 Å². The van der Waals surface area contributed by atoms with Crippen LogP contribution in [-0.4, -0.2) is 12.2 Å². The van der Waals surface area contributed by atoms with E-state index in [1.807, 2.05) is 0 Å². The SMILES string of the molecule is CC(C)Oc1ccc(C(C)(C)c2ccc(C(C)(C)c3ccc(OC(C)C)cc3)cc2)cc1. The van der Waals surface area contributed by atoms with Gasteiger partial charge in [-0.1, -0.05) is 76.2 Å². The van der Waals surface area contributed by atoms with E-state index in [1.54, 1.807) is 0 Å². The van der Waals surface area contributed by atoms with Crippen molar-refractivity contribution in [1.82, 2.24) is 0 Å². The Morgan fingerprint density at radius 1 is 0.438 bits per heavy atom. The van der Waals surface area contributed by atoms with Crippen molar-refractivity contribution in [2.45, 2.75) is 78.4 Å². The first kappa shape index (κ1) is 23.9. The van der Waals surface area contributed by atoms with Gasteiger partial charge in [0.1, 0.15) is 11.5 Å². The molecule has 0 amide bonds. The highest BCUT2D eigenvalue weighted by Crippen LogP contribution is 2.36. The van der Waals surface area contributed by atoms with Gasteiger partial charge in [0.2, 0.25) is 0 Å². The molecule has 0 aromatic heterocycles. The van der Waals surface area contributed by atoms with E-state index in [0.29, 0.717) is 0 Å². The van der Waals surface area contributed by atoms with Crippen LogP contribution in [0.3, 0.4) is 0 Å². The number of ether oxygens (including phenoxy) is 2. The Labute approximate surface area is 194 Å². The summed E-state index contributed by atoms with van der Waals surface area (Å²) < 4.78 is 11.6. The Hall–Kier alpha value is -2.74. The van der Waals surface area contributed by atoms with Gasteiger partial charge in [0.15, 0.2) is 0 Å². The first-order valence-corrected chi connectivity index (χ1v) is 11.7. The van der Waals surface area contributed by atoms with Crippen molar-refractivity contribution in [2.75, 3.05) is 0 Å². The Bertz CT molecular complexity index is 908. The van der Waals surface area contributed by atoms with Crippen LogP contribution >= 0.6 is 0 Å². The van der Waals surface area contributed by atoms with Crippen molar-refractivity contribution in [3.05, 3.63) is 95.1 Å². The van der Waals surface area contributed by atoms with Gasteiger partial charge in [-0.15, -0.1) is 0 Å². The lowest BCUT2D eigenvalue weighted by Crippen LogP contribution is -2.21. The molecule has 0 radical (unpaired) electrons. The summed E-state index contributed by atoms with van der Waals surface area (Å²) in [6, 6.07) is 26.1. The predicted octanol–water partition coefficient (Wildman–Crippen LogP) is 7.91. The van der Waals surface area contributed by atoms with Crippen LogP contribution in [0.25, 0.3) is 0 Å². The molecule has 0 N–H and O–H groups in total. The number of hydrogen-bond donors (Lipinski definition) is 0. The van der Waals surface area contributed by atoms with E-state index in [2.05, 4.69) is 128 Å². The molecule has 0 bridgehead atoms. The van der Waals surface area contributed by atoms with E-state index in [0.717, 1.165) is 11.5 Å². The molecule has 0 atom stereocenters. The minimum absolute atomic E-state index is 0.0884.